The molecule has 1 aromatic carbocycles. The van der Waals surface area contributed by atoms with Gasteiger partial charge in [0, 0.05) is 0 Å². The molecule has 118 valence electrons. The highest BCUT2D eigenvalue weighted by Crippen LogP contribution is 2.44. The van der Waals surface area contributed by atoms with Gasteiger partial charge >= 0.3 is 0 Å². The number of rotatable bonds is 3. The molecule has 1 saturated carbocycles. The van der Waals surface area contributed by atoms with Gasteiger partial charge in [0.2, 0.25) is 0 Å². The number of likely N-dealkylation sites (N-methyl/N-ethyl adjacent to an activating group) is 1. The Morgan fingerprint density at radius 2 is 1.76 bits per heavy atom. The van der Waals surface area contributed by atoms with Gasteiger partial charge in [0.05, 0.1) is 11.6 Å². The summed E-state index contributed by atoms with van der Waals surface area (Å²) in [5, 5.41) is 11.2. The monoisotopic (exact) mass is 289 g/mol. The summed E-state index contributed by atoms with van der Waals surface area (Å²) in [7, 11) is 4.25. The minimum Gasteiger partial charge on any atom is -0.386 e. The highest BCUT2D eigenvalue weighted by atomic mass is 16.3. The van der Waals surface area contributed by atoms with Crippen LogP contribution in [0.15, 0.2) is 12.1 Å². The second-order valence-electron chi connectivity index (χ2n) is 7.40. The van der Waals surface area contributed by atoms with Gasteiger partial charge in [-0.3, -0.25) is 0 Å². The number of aliphatic hydroxyl groups excluding tert-OH is 1. The first-order valence-corrected chi connectivity index (χ1v) is 8.21. The molecule has 0 aliphatic heterocycles. The zero-order chi connectivity index (χ0) is 15.8. The molecule has 0 saturated heterocycles. The van der Waals surface area contributed by atoms with E-state index in [4.69, 9.17) is 0 Å². The van der Waals surface area contributed by atoms with Crippen molar-refractivity contribution in [2.75, 3.05) is 14.1 Å². The molecule has 1 fully saturated rings. The van der Waals surface area contributed by atoms with Crippen molar-refractivity contribution in [3.63, 3.8) is 0 Å². The number of hydrogen-bond donors (Lipinski definition) is 1. The van der Waals surface area contributed by atoms with Crippen molar-refractivity contribution in [3.05, 3.63) is 34.4 Å². The summed E-state index contributed by atoms with van der Waals surface area (Å²) in [6.07, 6.45) is 4.24. The third-order valence-corrected chi connectivity index (χ3v) is 5.59. The van der Waals surface area contributed by atoms with Crippen molar-refractivity contribution in [2.24, 2.45) is 5.92 Å². The van der Waals surface area contributed by atoms with Gasteiger partial charge in [-0.15, -0.1) is 0 Å². The first-order valence-electron chi connectivity index (χ1n) is 8.21. The maximum absolute atomic E-state index is 11.2. The molecular formula is C19H31NO. The molecular weight excluding hydrogens is 258 g/mol. The normalized spacial score (nSPS) is 27.9. The molecule has 2 nitrogen and oxygen atoms in total. The molecule has 1 aromatic rings. The molecule has 1 aliphatic carbocycles. The number of aryl methyl sites for hydroxylation is 3. The van der Waals surface area contributed by atoms with E-state index < -0.39 is 6.10 Å². The van der Waals surface area contributed by atoms with E-state index in [1.807, 2.05) is 0 Å². The summed E-state index contributed by atoms with van der Waals surface area (Å²) in [5.41, 5.74) is 4.78. The molecule has 2 rings (SSSR count). The SMILES string of the molecule is Cc1cc(C)c(C(O)C2(N(C)C)CCCC(C)C2)cc1C. The molecule has 3 unspecified atom stereocenters. The van der Waals surface area contributed by atoms with E-state index >= 15 is 0 Å². The predicted octanol–water partition coefficient (Wildman–Crippen LogP) is 4.16. The van der Waals surface area contributed by atoms with Gasteiger partial charge in [-0.1, -0.05) is 31.9 Å². The van der Waals surface area contributed by atoms with E-state index in [1.54, 1.807) is 0 Å². The van der Waals surface area contributed by atoms with Crippen molar-refractivity contribution in [1.29, 1.82) is 0 Å². The fraction of sp³-hybridized carbons (Fsp3) is 0.684. The van der Waals surface area contributed by atoms with E-state index in [-0.39, 0.29) is 5.54 Å². The van der Waals surface area contributed by atoms with Crippen molar-refractivity contribution >= 4 is 0 Å². The lowest BCUT2D eigenvalue weighted by Gasteiger charge is -2.48. The predicted molar refractivity (Wildman–Crippen MR) is 89.7 cm³/mol. The Bertz CT molecular complexity index is 509. The average molecular weight is 289 g/mol. The van der Waals surface area contributed by atoms with Gasteiger partial charge in [-0.05, 0) is 75.9 Å². The van der Waals surface area contributed by atoms with Crippen molar-refractivity contribution in [2.45, 2.75) is 65.0 Å². The third-order valence-electron chi connectivity index (χ3n) is 5.59. The summed E-state index contributed by atoms with van der Waals surface area (Å²) in [6, 6.07) is 4.41. The largest absolute Gasteiger partial charge is 0.386 e. The second-order valence-corrected chi connectivity index (χ2v) is 7.40. The Morgan fingerprint density at radius 1 is 1.14 bits per heavy atom. The standard InChI is InChI=1S/C19H31NO/c1-13-8-7-9-19(12-13,20(5)6)18(21)17-11-15(3)14(2)10-16(17)4/h10-11,13,18,21H,7-9,12H2,1-6H3. The molecule has 0 radical (unpaired) electrons. The zero-order valence-corrected chi connectivity index (χ0v) is 14.5. The molecule has 1 aliphatic rings. The van der Waals surface area contributed by atoms with E-state index in [2.05, 4.69) is 58.8 Å². The molecule has 2 heteroatoms. The molecule has 3 atom stereocenters. The van der Waals surface area contributed by atoms with Gasteiger partial charge in [0.1, 0.15) is 0 Å². The van der Waals surface area contributed by atoms with Crippen molar-refractivity contribution in [3.8, 4) is 0 Å². The van der Waals surface area contributed by atoms with Gasteiger partial charge in [0.15, 0.2) is 0 Å². The van der Waals surface area contributed by atoms with Crippen LogP contribution in [0.25, 0.3) is 0 Å². The van der Waals surface area contributed by atoms with E-state index in [0.717, 1.165) is 18.4 Å². The van der Waals surface area contributed by atoms with Crippen LogP contribution in [0.5, 0.6) is 0 Å². The first-order chi connectivity index (χ1) is 9.78. The fourth-order valence-electron chi connectivity index (χ4n) is 4.03. The highest BCUT2D eigenvalue weighted by Gasteiger charge is 2.44. The third kappa shape index (κ3) is 3.02. The second kappa shape index (κ2) is 6.10. The van der Waals surface area contributed by atoms with Crippen LogP contribution in [0.2, 0.25) is 0 Å². The Morgan fingerprint density at radius 3 is 2.33 bits per heavy atom. The van der Waals surface area contributed by atoms with Crippen LogP contribution in [0.4, 0.5) is 0 Å². The van der Waals surface area contributed by atoms with Crippen LogP contribution in [-0.4, -0.2) is 29.6 Å². The first kappa shape index (κ1) is 16.5. The number of benzene rings is 1. The molecule has 0 heterocycles. The molecule has 0 aromatic heterocycles. The van der Waals surface area contributed by atoms with Gasteiger partial charge in [0.25, 0.3) is 0 Å². The maximum Gasteiger partial charge on any atom is 0.0976 e. The van der Waals surface area contributed by atoms with E-state index in [0.29, 0.717) is 5.92 Å². The Balaban J connectivity index is 2.44. The molecule has 21 heavy (non-hydrogen) atoms. The van der Waals surface area contributed by atoms with Crippen LogP contribution in [0, 0.1) is 26.7 Å². The maximum atomic E-state index is 11.2. The van der Waals surface area contributed by atoms with Gasteiger partial charge in [-0.25, -0.2) is 0 Å². The van der Waals surface area contributed by atoms with Gasteiger partial charge < -0.3 is 10.0 Å². The number of nitrogens with zero attached hydrogens (tertiary/aromatic N) is 1. The van der Waals surface area contributed by atoms with Crippen molar-refractivity contribution < 1.29 is 5.11 Å². The Kier molecular flexibility index (Phi) is 4.79. The van der Waals surface area contributed by atoms with Crippen LogP contribution in [0.3, 0.4) is 0 Å². The van der Waals surface area contributed by atoms with Crippen LogP contribution < -0.4 is 0 Å². The summed E-state index contributed by atoms with van der Waals surface area (Å²) < 4.78 is 0. The Labute approximate surface area is 130 Å². The van der Waals surface area contributed by atoms with Crippen LogP contribution in [0.1, 0.15) is 61.0 Å². The summed E-state index contributed by atoms with van der Waals surface area (Å²) in [4.78, 5) is 2.27. The smallest absolute Gasteiger partial charge is 0.0976 e. The minimum atomic E-state index is -0.408. The van der Waals surface area contributed by atoms with Crippen LogP contribution in [-0.2, 0) is 0 Å². The topological polar surface area (TPSA) is 23.5 Å². The fourth-order valence-corrected chi connectivity index (χ4v) is 4.03. The van der Waals surface area contributed by atoms with Crippen molar-refractivity contribution in [1.82, 2.24) is 4.90 Å². The molecule has 0 bridgehead atoms. The lowest BCUT2D eigenvalue weighted by atomic mass is 9.70. The lowest BCUT2D eigenvalue weighted by molar-refractivity contribution is -0.0453. The van der Waals surface area contributed by atoms with Gasteiger partial charge in [-0.2, -0.15) is 0 Å². The Hall–Kier alpha value is -0.860. The lowest BCUT2D eigenvalue weighted by Crippen LogP contribution is -2.52. The summed E-state index contributed by atoms with van der Waals surface area (Å²) in [6.45, 7) is 8.72. The quantitative estimate of drug-likeness (QED) is 0.903. The molecule has 1 N–H and O–H groups in total. The summed E-state index contributed by atoms with van der Waals surface area (Å²) in [5.74, 6) is 0.683. The molecule has 0 spiro atoms. The van der Waals surface area contributed by atoms with E-state index in [1.165, 1.54) is 29.5 Å². The number of hydrogen-bond acceptors (Lipinski definition) is 2. The van der Waals surface area contributed by atoms with Crippen LogP contribution >= 0.6 is 0 Å². The zero-order valence-electron chi connectivity index (χ0n) is 14.5. The molecule has 0 amide bonds. The average Bonchev–Trinajstić information content (AvgIpc) is 2.41. The summed E-state index contributed by atoms with van der Waals surface area (Å²) >= 11 is 0. The minimum absolute atomic E-state index is 0.121. The highest BCUT2D eigenvalue weighted by molar-refractivity contribution is 5.39. The number of aliphatic hydroxyl groups is 1. The van der Waals surface area contributed by atoms with E-state index in [9.17, 15) is 5.11 Å².